The van der Waals surface area contributed by atoms with Crippen LogP contribution < -0.4 is 5.32 Å². The predicted molar refractivity (Wildman–Crippen MR) is 87.9 cm³/mol. The van der Waals surface area contributed by atoms with Crippen LogP contribution in [0.15, 0.2) is 24.3 Å². The molecule has 0 unspecified atom stereocenters. The maximum atomic E-state index is 13.4. The van der Waals surface area contributed by atoms with E-state index in [1.54, 1.807) is 6.07 Å². The molecule has 0 radical (unpaired) electrons. The average Bonchev–Trinajstić information content (AvgIpc) is 3.30. The SMILES string of the molecule is CCCCCCCCCN[C@H](c1cccc(F)c1)C1CC1. The summed E-state index contributed by atoms with van der Waals surface area (Å²) in [6.07, 6.45) is 11.9. The van der Waals surface area contributed by atoms with E-state index in [1.165, 1.54) is 63.9 Å². The van der Waals surface area contributed by atoms with Crippen molar-refractivity contribution in [2.45, 2.75) is 70.8 Å². The van der Waals surface area contributed by atoms with E-state index in [9.17, 15) is 4.39 Å². The van der Waals surface area contributed by atoms with E-state index in [-0.39, 0.29) is 5.82 Å². The molecule has 1 aromatic carbocycles. The third-order valence-corrected chi connectivity index (χ3v) is 4.45. The first kappa shape index (κ1) is 16.5. The van der Waals surface area contributed by atoms with Crippen molar-refractivity contribution in [3.63, 3.8) is 0 Å². The van der Waals surface area contributed by atoms with Gasteiger partial charge in [0.25, 0.3) is 0 Å². The van der Waals surface area contributed by atoms with Crippen LogP contribution in [0.2, 0.25) is 0 Å². The summed E-state index contributed by atoms with van der Waals surface area (Å²) in [5.74, 6) is 0.604. The molecule has 1 aliphatic rings. The normalized spacial score (nSPS) is 16.1. The van der Waals surface area contributed by atoms with Crippen LogP contribution in [-0.4, -0.2) is 6.54 Å². The lowest BCUT2D eigenvalue weighted by Gasteiger charge is -2.19. The molecule has 1 aliphatic carbocycles. The zero-order valence-electron chi connectivity index (χ0n) is 13.4. The summed E-state index contributed by atoms with van der Waals surface area (Å²) in [5.41, 5.74) is 1.13. The zero-order valence-corrected chi connectivity index (χ0v) is 13.4. The lowest BCUT2D eigenvalue weighted by Crippen LogP contribution is -2.24. The van der Waals surface area contributed by atoms with Gasteiger partial charge in [-0.15, -0.1) is 0 Å². The van der Waals surface area contributed by atoms with Crippen LogP contribution in [0.5, 0.6) is 0 Å². The van der Waals surface area contributed by atoms with Crippen LogP contribution in [0.3, 0.4) is 0 Å². The Balaban J connectivity index is 1.65. The van der Waals surface area contributed by atoms with Gasteiger partial charge >= 0.3 is 0 Å². The highest BCUT2D eigenvalue weighted by Crippen LogP contribution is 2.41. The van der Waals surface area contributed by atoms with Crippen molar-refractivity contribution in [1.29, 1.82) is 0 Å². The standard InChI is InChI=1S/C19H30FN/c1-2-3-4-5-6-7-8-14-21-19(16-12-13-16)17-10-9-11-18(20)15-17/h9-11,15-16,19,21H,2-8,12-14H2,1H3/t19-/m0/s1. The second-order valence-electron chi connectivity index (χ2n) is 6.45. The fourth-order valence-electron chi connectivity index (χ4n) is 3.03. The summed E-state index contributed by atoms with van der Waals surface area (Å²) in [6, 6.07) is 7.48. The molecule has 1 N–H and O–H groups in total. The molecule has 1 fully saturated rings. The Hall–Kier alpha value is -0.890. The Morgan fingerprint density at radius 3 is 2.48 bits per heavy atom. The molecule has 2 rings (SSSR count). The fraction of sp³-hybridized carbons (Fsp3) is 0.684. The van der Waals surface area contributed by atoms with Gasteiger partial charge in [-0.3, -0.25) is 0 Å². The van der Waals surface area contributed by atoms with Crippen molar-refractivity contribution < 1.29 is 4.39 Å². The molecule has 1 nitrogen and oxygen atoms in total. The first-order valence-electron chi connectivity index (χ1n) is 8.80. The van der Waals surface area contributed by atoms with Crippen LogP contribution in [0.25, 0.3) is 0 Å². The summed E-state index contributed by atoms with van der Waals surface area (Å²) in [5, 5.41) is 3.66. The van der Waals surface area contributed by atoms with Crippen LogP contribution in [0.4, 0.5) is 4.39 Å². The van der Waals surface area contributed by atoms with E-state index < -0.39 is 0 Å². The topological polar surface area (TPSA) is 12.0 Å². The minimum absolute atomic E-state index is 0.115. The summed E-state index contributed by atoms with van der Waals surface area (Å²) in [7, 11) is 0. The number of nitrogens with one attached hydrogen (secondary N) is 1. The van der Waals surface area contributed by atoms with Gasteiger partial charge in [-0.25, -0.2) is 4.39 Å². The van der Waals surface area contributed by atoms with E-state index in [0.717, 1.165) is 18.0 Å². The number of benzene rings is 1. The number of hydrogen-bond donors (Lipinski definition) is 1. The van der Waals surface area contributed by atoms with E-state index in [1.807, 2.05) is 6.07 Å². The molecule has 118 valence electrons. The molecule has 0 aliphatic heterocycles. The number of hydrogen-bond acceptors (Lipinski definition) is 1. The van der Waals surface area contributed by atoms with Gasteiger partial charge in [0.1, 0.15) is 5.82 Å². The number of halogens is 1. The molecule has 0 heterocycles. The summed E-state index contributed by atoms with van der Waals surface area (Å²) in [4.78, 5) is 0. The van der Waals surface area contributed by atoms with Gasteiger partial charge in [0.2, 0.25) is 0 Å². The van der Waals surface area contributed by atoms with Crippen LogP contribution in [-0.2, 0) is 0 Å². The average molecular weight is 291 g/mol. The molecule has 1 aromatic rings. The highest BCUT2D eigenvalue weighted by molar-refractivity contribution is 5.22. The zero-order chi connectivity index (χ0) is 14.9. The molecular formula is C19H30FN. The van der Waals surface area contributed by atoms with Crippen LogP contribution in [0, 0.1) is 11.7 Å². The third kappa shape index (κ3) is 6.17. The Bertz CT molecular complexity index is 400. The van der Waals surface area contributed by atoms with E-state index in [2.05, 4.69) is 18.3 Å². The van der Waals surface area contributed by atoms with Crippen LogP contribution >= 0.6 is 0 Å². The van der Waals surface area contributed by atoms with E-state index in [0.29, 0.717) is 6.04 Å². The van der Waals surface area contributed by atoms with Crippen molar-refractivity contribution in [3.05, 3.63) is 35.6 Å². The Kier molecular flexibility index (Phi) is 7.21. The summed E-state index contributed by atoms with van der Waals surface area (Å²) >= 11 is 0. The van der Waals surface area contributed by atoms with Crippen molar-refractivity contribution in [1.82, 2.24) is 5.32 Å². The molecule has 1 atom stereocenters. The molecule has 2 heteroatoms. The Morgan fingerprint density at radius 1 is 1.10 bits per heavy atom. The van der Waals surface area contributed by atoms with Crippen molar-refractivity contribution in [2.75, 3.05) is 6.54 Å². The minimum Gasteiger partial charge on any atom is -0.310 e. The van der Waals surface area contributed by atoms with Gasteiger partial charge in [0.15, 0.2) is 0 Å². The van der Waals surface area contributed by atoms with Gasteiger partial charge in [-0.05, 0) is 49.4 Å². The van der Waals surface area contributed by atoms with Crippen molar-refractivity contribution in [3.8, 4) is 0 Å². The maximum Gasteiger partial charge on any atom is 0.123 e. The summed E-state index contributed by atoms with van der Waals surface area (Å²) < 4.78 is 13.4. The lowest BCUT2D eigenvalue weighted by molar-refractivity contribution is 0.461. The molecule has 21 heavy (non-hydrogen) atoms. The number of unbranched alkanes of at least 4 members (excludes halogenated alkanes) is 6. The smallest absolute Gasteiger partial charge is 0.123 e. The van der Waals surface area contributed by atoms with Crippen molar-refractivity contribution >= 4 is 0 Å². The van der Waals surface area contributed by atoms with Gasteiger partial charge < -0.3 is 5.32 Å². The molecule has 0 bridgehead atoms. The molecular weight excluding hydrogens is 261 g/mol. The monoisotopic (exact) mass is 291 g/mol. The molecule has 0 saturated heterocycles. The largest absolute Gasteiger partial charge is 0.310 e. The molecule has 0 amide bonds. The quantitative estimate of drug-likeness (QED) is 0.522. The Labute approximate surface area is 129 Å². The molecule has 0 aromatic heterocycles. The highest BCUT2D eigenvalue weighted by Gasteiger charge is 2.31. The maximum absolute atomic E-state index is 13.4. The predicted octanol–water partition coefficient (Wildman–Crippen LogP) is 5.62. The van der Waals surface area contributed by atoms with Crippen LogP contribution in [0.1, 0.15) is 76.3 Å². The van der Waals surface area contributed by atoms with Gasteiger partial charge in [0.05, 0.1) is 0 Å². The number of rotatable bonds is 11. The first-order valence-corrected chi connectivity index (χ1v) is 8.80. The van der Waals surface area contributed by atoms with E-state index >= 15 is 0 Å². The van der Waals surface area contributed by atoms with Gasteiger partial charge in [0, 0.05) is 6.04 Å². The van der Waals surface area contributed by atoms with Crippen molar-refractivity contribution in [2.24, 2.45) is 5.92 Å². The van der Waals surface area contributed by atoms with Gasteiger partial charge in [-0.1, -0.05) is 57.6 Å². The fourth-order valence-corrected chi connectivity index (χ4v) is 3.03. The highest BCUT2D eigenvalue weighted by atomic mass is 19.1. The second-order valence-corrected chi connectivity index (χ2v) is 6.45. The van der Waals surface area contributed by atoms with Gasteiger partial charge in [-0.2, -0.15) is 0 Å². The third-order valence-electron chi connectivity index (χ3n) is 4.45. The molecule has 1 saturated carbocycles. The summed E-state index contributed by atoms with van der Waals surface area (Å²) in [6.45, 7) is 3.32. The lowest BCUT2D eigenvalue weighted by atomic mass is 10.0. The molecule has 0 spiro atoms. The van der Waals surface area contributed by atoms with E-state index in [4.69, 9.17) is 0 Å². The Morgan fingerprint density at radius 2 is 1.81 bits per heavy atom. The second kappa shape index (κ2) is 9.19. The first-order chi connectivity index (χ1) is 10.3. The minimum atomic E-state index is -0.115.